The molecule has 0 aromatic heterocycles. The zero-order valence-corrected chi connectivity index (χ0v) is 11.9. The van der Waals surface area contributed by atoms with Gasteiger partial charge < -0.3 is 15.0 Å². The van der Waals surface area contributed by atoms with Crippen LogP contribution in [0.25, 0.3) is 0 Å². The van der Waals surface area contributed by atoms with Gasteiger partial charge in [0.15, 0.2) is 0 Å². The maximum Gasteiger partial charge on any atom is 0.0637 e. The van der Waals surface area contributed by atoms with Gasteiger partial charge in [-0.3, -0.25) is 0 Å². The molecule has 1 aliphatic heterocycles. The van der Waals surface area contributed by atoms with E-state index in [-0.39, 0.29) is 5.54 Å². The van der Waals surface area contributed by atoms with Crippen molar-refractivity contribution in [2.45, 2.75) is 32.9 Å². The van der Waals surface area contributed by atoms with E-state index in [1.165, 1.54) is 16.8 Å². The average Bonchev–Trinajstić information content (AvgIpc) is 2.44. The molecule has 0 amide bonds. The first-order chi connectivity index (χ1) is 8.52. The lowest BCUT2D eigenvalue weighted by molar-refractivity contribution is 0.203. The van der Waals surface area contributed by atoms with Crippen LogP contribution in [0.15, 0.2) is 18.2 Å². The molecule has 1 N–H and O–H groups in total. The zero-order valence-electron chi connectivity index (χ0n) is 11.9. The number of nitrogens with one attached hydrogen (secondary N) is 1. The van der Waals surface area contributed by atoms with E-state index in [1.54, 1.807) is 7.11 Å². The van der Waals surface area contributed by atoms with Crippen molar-refractivity contribution in [3.63, 3.8) is 0 Å². The molecule has 0 bridgehead atoms. The number of nitrogens with zero attached hydrogens (tertiary/aromatic N) is 1. The molecule has 0 spiro atoms. The number of anilines is 1. The lowest BCUT2D eigenvalue weighted by atomic mass is 10.1. The lowest BCUT2D eigenvalue weighted by Gasteiger charge is -2.32. The van der Waals surface area contributed by atoms with Gasteiger partial charge in [0.2, 0.25) is 0 Å². The Labute approximate surface area is 110 Å². The second kappa shape index (κ2) is 5.29. The van der Waals surface area contributed by atoms with Gasteiger partial charge in [0.1, 0.15) is 0 Å². The summed E-state index contributed by atoms with van der Waals surface area (Å²) in [6.45, 7) is 10.3. The number of hydrogen-bond donors (Lipinski definition) is 1. The maximum atomic E-state index is 5.23. The fourth-order valence-electron chi connectivity index (χ4n) is 2.52. The van der Waals surface area contributed by atoms with Crippen LogP contribution in [-0.4, -0.2) is 32.3 Å². The fourth-order valence-corrected chi connectivity index (χ4v) is 2.52. The Bertz CT molecular complexity index is 415. The second-order valence-electron chi connectivity index (χ2n) is 5.78. The van der Waals surface area contributed by atoms with Crippen LogP contribution in [-0.2, 0) is 11.3 Å². The van der Waals surface area contributed by atoms with Gasteiger partial charge in [-0.25, -0.2) is 0 Å². The zero-order chi connectivity index (χ0) is 13.2. The molecule has 3 heteroatoms. The predicted octanol–water partition coefficient (Wildman–Crippen LogP) is 2.33. The summed E-state index contributed by atoms with van der Waals surface area (Å²) >= 11 is 0. The largest absolute Gasteiger partial charge is 0.383 e. The van der Waals surface area contributed by atoms with E-state index in [4.69, 9.17) is 4.74 Å². The Kier molecular flexibility index (Phi) is 3.93. The summed E-state index contributed by atoms with van der Waals surface area (Å²) in [5.41, 5.74) is 4.18. The van der Waals surface area contributed by atoms with Crippen LogP contribution in [0.4, 0.5) is 5.69 Å². The van der Waals surface area contributed by atoms with E-state index in [1.807, 2.05) is 0 Å². The van der Waals surface area contributed by atoms with Crippen LogP contribution in [0, 0.1) is 6.92 Å². The molecule has 0 atom stereocenters. The number of aryl methyl sites for hydroxylation is 1. The predicted molar refractivity (Wildman–Crippen MR) is 76.2 cm³/mol. The van der Waals surface area contributed by atoms with E-state index in [0.29, 0.717) is 0 Å². The molecular weight excluding hydrogens is 224 g/mol. The maximum absolute atomic E-state index is 5.23. The van der Waals surface area contributed by atoms with Crippen LogP contribution in [0.3, 0.4) is 0 Å². The van der Waals surface area contributed by atoms with Gasteiger partial charge in [-0.2, -0.15) is 0 Å². The Morgan fingerprint density at radius 2 is 2.17 bits per heavy atom. The third-order valence-electron chi connectivity index (χ3n) is 3.48. The van der Waals surface area contributed by atoms with Crippen molar-refractivity contribution in [3.05, 3.63) is 29.3 Å². The molecule has 1 aliphatic rings. The molecule has 0 unspecified atom stereocenters. The highest BCUT2D eigenvalue weighted by molar-refractivity contribution is 5.56. The lowest BCUT2D eigenvalue weighted by Crippen LogP contribution is -2.47. The number of fused-ring (bicyclic) bond motifs is 1. The first kappa shape index (κ1) is 13.4. The first-order valence-electron chi connectivity index (χ1n) is 6.60. The molecular formula is C15H24N2O. The molecule has 0 aliphatic carbocycles. The molecule has 1 aromatic carbocycles. The van der Waals surface area contributed by atoms with Crippen molar-refractivity contribution in [1.82, 2.24) is 5.32 Å². The third-order valence-corrected chi connectivity index (χ3v) is 3.48. The highest BCUT2D eigenvalue weighted by atomic mass is 16.5. The van der Waals surface area contributed by atoms with E-state index < -0.39 is 0 Å². The fraction of sp³-hybridized carbons (Fsp3) is 0.600. The van der Waals surface area contributed by atoms with Gasteiger partial charge in [0.05, 0.1) is 6.61 Å². The van der Waals surface area contributed by atoms with Crippen LogP contribution in [0.1, 0.15) is 25.0 Å². The molecule has 0 saturated heterocycles. The van der Waals surface area contributed by atoms with Gasteiger partial charge in [0, 0.05) is 38.0 Å². The van der Waals surface area contributed by atoms with Crippen LogP contribution in [0.2, 0.25) is 0 Å². The van der Waals surface area contributed by atoms with Gasteiger partial charge >= 0.3 is 0 Å². The summed E-state index contributed by atoms with van der Waals surface area (Å²) in [6.07, 6.45) is 0. The molecule has 0 fully saturated rings. The Balaban J connectivity index is 2.30. The third kappa shape index (κ3) is 3.03. The van der Waals surface area contributed by atoms with E-state index >= 15 is 0 Å². The van der Waals surface area contributed by atoms with Gasteiger partial charge in [-0.1, -0.05) is 17.7 Å². The van der Waals surface area contributed by atoms with Crippen molar-refractivity contribution in [3.8, 4) is 0 Å². The Morgan fingerprint density at radius 1 is 1.39 bits per heavy atom. The van der Waals surface area contributed by atoms with Crippen LogP contribution < -0.4 is 10.2 Å². The Hall–Kier alpha value is -1.06. The summed E-state index contributed by atoms with van der Waals surface area (Å²) in [5, 5.41) is 3.63. The minimum Gasteiger partial charge on any atom is -0.383 e. The minimum absolute atomic E-state index is 0.126. The summed E-state index contributed by atoms with van der Waals surface area (Å²) in [6, 6.07) is 6.71. The Morgan fingerprint density at radius 3 is 2.89 bits per heavy atom. The smallest absolute Gasteiger partial charge is 0.0637 e. The van der Waals surface area contributed by atoms with E-state index in [9.17, 15) is 0 Å². The monoisotopic (exact) mass is 248 g/mol. The standard InChI is InChI=1S/C15H24N2O/c1-12-5-6-14-13(9-12)10-16-15(2,3)11-17(14)7-8-18-4/h5-6,9,16H,7-8,10-11H2,1-4H3. The summed E-state index contributed by atoms with van der Waals surface area (Å²) < 4.78 is 5.23. The first-order valence-corrected chi connectivity index (χ1v) is 6.60. The number of hydrogen-bond acceptors (Lipinski definition) is 3. The SMILES string of the molecule is COCCN1CC(C)(C)NCc2cc(C)ccc21. The number of methoxy groups -OCH3 is 1. The summed E-state index contributed by atoms with van der Waals surface area (Å²) in [5.74, 6) is 0. The topological polar surface area (TPSA) is 24.5 Å². The molecule has 1 aromatic rings. The molecule has 1 heterocycles. The summed E-state index contributed by atoms with van der Waals surface area (Å²) in [4.78, 5) is 2.43. The van der Waals surface area contributed by atoms with E-state index in [2.05, 4.69) is 49.2 Å². The normalized spacial score (nSPS) is 18.3. The van der Waals surface area contributed by atoms with Crippen LogP contribution >= 0.6 is 0 Å². The number of benzene rings is 1. The van der Waals surface area contributed by atoms with Crippen molar-refractivity contribution in [2.24, 2.45) is 0 Å². The molecule has 0 saturated carbocycles. The van der Waals surface area contributed by atoms with Crippen molar-refractivity contribution < 1.29 is 4.74 Å². The molecule has 100 valence electrons. The highest BCUT2D eigenvalue weighted by Crippen LogP contribution is 2.27. The number of ether oxygens (including phenoxy) is 1. The van der Waals surface area contributed by atoms with Crippen molar-refractivity contribution in [1.29, 1.82) is 0 Å². The van der Waals surface area contributed by atoms with Gasteiger partial charge in [-0.15, -0.1) is 0 Å². The minimum atomic E-state index is 0.126. The molecule has 3 nitrogen and oxygen atoms in total. The second-order valence-corrected chi connectivity index (χ2v) is 5.78. The summed E-state index contributed by atoms with van der Waals surface area (Å²) in [7, 11) is 1.76. The molecule has 0 radical (unpaired) electrons. The van der Waals surface area contributed by atoms with Crippen LogP contribution in [0.5, 0.6) is 0 Å². The molecule has 18 heavy (non-hydrogen) atoms. The quantitative estimate of drug-likeness (QED) is 0.888. The van der Waals surface area contributed by atoms with E-state index in [0.717, 1.165) is 26.2 Å². The highest BCUT2D eigenvalue weighted by Gasteiger charge is 2.26. The van der Waals surface area contributed by atoms with Gasteiger partial charge in [0.25, 0.3) is 0 Å². The number of rotatable bonds is 3. The molecule has 2 rings (SSSR count). The van der Waals surface area contributed by atoms with Crippen molar-refractivity contribution >= 4 is 5.69 Å². The average molecular weight is 248 g/mol. The van der Waals surface area contributed by atoms with Gasteiger partial charge in [-0.05, 0) is 32.4 Å². The van der Waals surface area contributed by atoms with Crippen molar-refractivity contribution in [2.75, 3.05) is 31.7 Å².